The number of aromatic nitrogens is 1. The lowest BCUT2D eigenvalue weighted by atomic mass is 9.99. The Labute approximate surface area is 164 Å². The van der Waals surface area contributed by atoms with Crippen LogP contribution in [-0.4, -0.2) is 10.3 Å². The minimum Gasteiger partial charge on any atom is -0.384 e. The van der Waals surface area contributed by atoms with Gasteiger partial charge in [-0.2, -0.15) is 0 Å². The molecule has 4 aromatic rings. The molecule has 0 saturated carbocycles. The predicted molar refractivity (Wildman–Crippen MR) is 113 cm³/mol. The van der Waals surface area contributed by atoms with E-state index in [1.807, 2.05) is 73.7 Å². The quantitative estimate of drug-likeness (QED) is 0.466. The second-order valence-electron chi connectivity index (χ2n) is 6.67. The van der Waals surface area contributed by atoms with Gasteiger partial charge in [0, 0.05) is 5.56 Å². The molecule has 1 atom stereocenters. The first kappa shape index (κ1) is 18.0. The van der Waals surface area contributed by atoms with E-state index in [0.717, 1.165) is 22.3 Å². The number of benzene rings is 3. The molecule has 28 heavy (non-hydrogen) atoms. The number of rotatable bonds is 5. The van der Waals surface area contributed by atoms with Gasteiger partial charge < -0.3 is 9.63 Å². The molecule has 0 aliphatic rings. The van der Waals surface area contributed by atoms with Crippen molar-refractivity contribution in [2.75, 3.05) is 0 Å². The third kappa shape index (κ3) is 3.80. The molecule has 0 fully saturated rings. The first-order chi connectivity index (χ1) is 13.7. The Morgan fingerprint density at radius 2 is 1.36 bits per heavy atom. The summed E-state index contributed by atoms with van der Waals surface area (Å²) in [5.74, 6) is 0.599. The minimum absolute atomic E-state index is 0.599. The van der Waals surface area contributed by atoms with E-state index in [4.69, 9.17) is 4.52 Å². The van der Waals surface area contributed by atoms with Crippen molar-refractivity contribution in [3.8, 4) is 22.5 Å². The van der Waals surface area contributed by atoms with Gasteiger partial charge in [-0.05, 0) is 23.6 Å². The second-order valence-corrected chi connectivity index (χ2v) is 6.67. The molecule has 3 heteroatoms. The van der Waals surface area contributed by atoms with Gasteiger partial charge in [0.05, 0.1) is 11.3 Å². The number of hydrogen-bond donors (Lipinski definition) is 1. The SMILES string of the molecule is Cc1noc(-c2ccc(-c3ccccc3)cc2)c1C(O)/C=C/c1ccccc1. The van der Waals surface area contributed by atoms with Crippen LogP contribution < -0.4 is 0 Å². The lowest BCUT2D eigenvalue weighted by molar-refractivity contribution is 0.228. The van der Waals surface area contributed by atoms with Crippen LogP contribution in [0.3, 0.4) is 0 Å². The fraction of sp³-hybridized carbons (Fsp3) is 0.0800. The van der Waals surface area contributed by atoms with Crippen molar-refractivity contribution in [3.05, 3.63) is 108 Å². The van der Waals surface area contributed by atoms with Crippen LogP contribution >= 0.6 is 0 Å². The molecular formula is C25H21NO2. The monoisotopic (exact) mass is 367 g/mol. The maximum atomic E-state index is 10.7. The molecule has 0 saturated heterocycles. The number of hydrogen-bond acceptors (Lipinski definition) is 3. The predicted octanol–water partition coefficient (Wildman–Crippen LogP) is 6.06. The third-order valence-electron chi connectivity index (χ3n) is 4.73. The molecular weight excluding hydrogens is 346 g/mol. The summed E-state index contributed by atoms with van der Waals surface area (Å²) in [5, 5.41) is 14.8. The average Bonchev–Trinajstić information content (AvgIpc) is 3.15. The van der Waals surface area contributed by atoms with Gasteiger partial charge in [-0.25, -0.2) is 0 Å². The number of aliphatic hydroxyl groups is 1. The summed E-state index contributed by atoms with van der Waals surface area (Å²) in [6.45, 7) is 1.85. The van der Waals surface area contributed by atoms with E-state index < -0.39 is 6.10 Å². The van der Waals surface area contributed by atoms with E-state index in [1.54, 1.807) is 6.08 Å². The van der Waals surface area contributed by atoms with E-state index in [1.165, 1.54) is 0 Å². The van der Waals surface area contributed by atoms with Crippen LogP contribution in [-0.2, 0) is 0 Å². The highest BCUT2D eigenvalue weighted by Gasteiger charge is 2.20. The van der Waals surface area contributed by atoms with Crippen molar-refractivity contribution in [2.45, 2.75) is 13.0 Å². The van der Waals surface area contributed by atoms with Gasteiger partial charge in [0.1, 0.15) is 6.10 Å². The minimum atomic E-state index is -0.796. The van der Waals surface area contributed by atoms with Gasteiger partial charge in [-0.15, -0.1) is 0 Å². The van der Waals surface area contributed by atoms with Crippen LogP contribution in [0.5, 0.6) is 0 Å². The lowest BCUT2D eigenvalue weighted by Crippen LogP contribution is -1.96. The highest BCUT2D eigenvalue weighted by Crippen LogP contribution is 2.33. The maximum Gasteiger partial charge on any atom is 0.173 e. The molecule has 1 heterocycles. The molecule has 0 amide bonds. The van der Waals surface area contributed by atoms with E-state index in [-0.39, 0.29) is 0 Å². The van der Waals surface area contributed by atoms with E-state index in [0.29, 0.717) is 17.0 Å². The summed E-state index contributed by atoms with van der Waals surface area (Å²) in [6.07, 6.45) is 2.87. The highest BCUT2D eigenvalue weighted by atomic mass is 16.5. The first-order valence-electron chi connectivity index (χ1n) is 9.26. The zero-order chi connectivity index (χ0) is 19.3. The van der Waals surface area contributed by atoms with Gasteiger partial charge in [0.2, 0.25) is 0 Å². The summed E-state index contributed by atoms with van der Waals surface area (Å²) >= 11 is 0. The molecule has 0 radical (unpaired) electrons. The Kier molecular flexibility index (Phi) is 5.18. The van der Waals surface area contributed by atoms with Crippen LogP contribution in [0.1, 0.15) is 22.9 Å². The maximum absolute atomic E-state index is 10.7. The molecule has 0 spiro atoms. The summed E-state index contributed by atoms with van der Waals surface area (Å²) in [6, 6.07) is 28.2. The molecule has 1 N–H and O–H groups in total. The van der Waals surface area contributed by atoms with Crippen molar-refractivity contribution in [1.29, 1.82) is 0 Å². The van der Waals surface area contributed by atoms with E-state index in [9.17, 15) is 5.11 Å². The Hall–Kier alpha value is -3.43. The summed E-state index contributed by atoms with van der Waals surface area (Å²) in [5.41, 5.74) is 5.60. The van der Waals surface area contributed by atoms with Gasteiger partial charge in [-0.3, -0.25) is 0 Å². The summed E-state index contributed by atoms with van der Waals surface area (Å²) < 4.78 is 5.56. The second kappa shape index (κ2) is 8.07. The third-order valence-corrected chi connectivity index (χ3v) is 4.73. The molecule has 3 nitrogen and oxygen atoms in total. The molecule has 0 bridgehead atoms. The molecule has 0 aliphatic carbocycles. The van der Waals surface area contributed by atoms with Gasteiger partial charge >= 0.3 is 0 Å². The van der Waals surface area contributed by atoms with Crippen molar-refractivity contribution in [1.82, 2.24) is 5.16 Å². The van der Waals surface area contributed by atoms with Crippen LogP contribution in [0.4, 0.5) is 0 Å². The van der Waals surface area contributed by atoms with Gasteiger partial charge in [-0.1, -0.05) is 102 Å². The Bertz CT molecular complexity index is 1060. The van der Waals surface area contributed by atoms with Crippen LogP contribution in [0.25, 0.3) is 28.5 Å². The largest absolute Gasteiger partial charge is 0.384 e. The zero-order valence-corrected chi connectivity index (χ0v) is 15.6. The number of aliphatic hydroxyl groups excluding tert-OH is 1. The fourth-order valence-corrected chi connectivity index (χ4v) is 3.24. The van der Waals surface area contributed by atoms with E-state index >= 15 is 0 Å². The van der Waals surface area contributed by atoms with Crippen molar-refractivity contribution in [3.63, 3.8) is 0 Å². The van der Waals surface area contributed by atoms with Crippen LogP contribution in [0.15, 0.2) is 95.5 Å². The highest BCUT2D eigenvalue weighted by molar-refractivity contribution is 5.70. The van der Waals surface area contributed by atoms with Crippen molar-refractivity contribution in [2.24, 2.45) is 0 Å². The molecule has 3 aromatic carbocycles. The first-order valence-corrected chi connectivity index (χ1v) is 9.26. The van der Waals surface area contributed by atoms with E-state index in [2.05, 4.69) is 29.4 Å². The smallest absolute Gasteiger partial charge is 0.173 e. The molecule has 1 aromatic heterocycles. The Balaban J connectivity index is 1.62. The number of aryl methyl sites for hydroxylation is 1. The molecule has 138 valence electrons. The average molecular weight is 367 g/mol. The zero-order valence-electron chi connectivity index (χ0n) is 15.6. The standard InChI is InChI=1S/C25H21NO2/c1-18-24(23(27)17-12-19-8-4-2-5-9-19)25(28-26-18)22-15-13-21(14-16-22)20-10-6-3-7-11-20/h2-17,23,27H,1H3/b17-12+. The van der Waals surface area contributed by atoms with Crippen LogP contribution in [0, 0.1) is 6.92 Å². The van der Waals surface area contributed by atoms with Crippen LogP contribution in [0.2, 0.25) is 0 Å². The van der Waals surface area contributed by atoms with Gasteiger partial charge in [0.25, 0.3) is 0 Å². The Morgan fingerprint density at radius 1 is 0.786 bits per heavy atom. The number of nitrogens with zero attached hydrogens (tertiary/aromatic N) is 1. The summed E-state index contributed by atoms with van der Waals surface area (Å²) in [4.78, 5) is 0. The topological polar surface area (TPSA) is 46.3 Å². The summed E-state index contributed by atoms with van der Waals surface area (Å²) in [7, 11) is 0. The van der Waals surface area contributed by atoms with Crippen molar-refractivity contribution < 1.29 is 9.63 Å². The molecule has 1 unspecified atom stereocenters. The fourth-order valence-electron chi connectivity index (χ4n) is 3.24. The van der Waals surface area contributed by atoms with Gasteiger partial charge in [0.15, 0.2) is 5.76 Å². The Morgan fingerprint density at radius 3 is 2.04 bits per heavy atom. The normalized spacial score (nSPS) is 12.4. The van der Waals surface area contributed by atoms with Crippen molar-refractivity contribution >= 4 is 6.08 Å². The lowest BCUT2D eigenvalue weighted by Gasteiger charge is -2.08. The molecule has 4 rings (SSSR count). The molecule has 0 aliphatic heterocycles.